The number of hydrogen-bond acceptors (Lipinski definition) is 4. The number of hydrogen-bond donors (Lipinski definition) is 0. The van der Waals surface area contributed by atoms with Crippen molar-refractivity contribution in [3.05, 3.63) is 69.2 Å². The lowest BCUT2D eigenvalue weighted by Crippen LogP contribution is -2.00. The van der Waals surface area contributed by atoms with Crippen LogP contribution in [0.1, 0.15) is 18.1 Å². The van der Waals surface area contributed by atoms with Crippen molar-refractivity contribution in [3.8, 4) is 0 Å². The van der Waals surface area contributed by atoms with Gasteiger partial charge >= 0.3 is 5.63 Å². The van der Waals surface area contributed by atoms with Crippen molar-refractivity contribution in [3.63, 3.8) is 0 Å². The van der Waals surface area contributed by atoms with Crippen LogP contribution in [0.2, 0.25) is 5.02 Å². The van der Waals surface area contributed by atoms with Crippen LogP contribution in [-0.4, -0.2) is 4.98 Å². The first kappa shape index (κ1) is 15.1. The van der Waals surface area contributed by atoms with Gasteiger partial charge in [-0.15, -0.1) is 11.8 Å². The van der Waals surface area contributed by atoms with Crippen LogP contribution in [0.5, 0.6) is 0 Å². The molecule has 0 saturated heterocycles. The molecule has 0 N–H and O–H groups in total. The van der Waals surface area contributed by atoms with Gasteiger partial charge in [-0.05, 0) is 35.7 Å². The van der Waals surface area contributed by atoms with E-state index >= 15 is 0 Å². The number of nitrogens with zero attached hydrogens (tertiary/aromatic N) is 1. The number of pyridine rings is 1. The van der Waals surface area contributed by atoms with E-state index in [9.17, 15) is 4.79 Å². The Morgan fingerprint density at radius 1 is 1.27 bits per heavy atom. The van der Waals surface area contributed by atoms with Crippen LogP contribution in [0.15, 0.2) is 56.8 Å². The number of halogens is 1. The smallest absolute Gasteiger partial charge is 0.336 e. The minimum atomic E-state index is -0.330. The van der Waals surface area contributed by atoms with Gasteiger partial charge in [0.25, 0.3) is 0 Å². The van der Waals surface area contributed by atoms with Crippen LogP contribution >= 0.6 is 23.4 Å². The first-order valence-electron chi connectivity index (χ1n) is 6.96. The summed E-state index contributed by atoms with van der Waals surface area (Å²) in [6, 6.07) is 11.1. The molecule has 3 nitrogen and oxygen atoms in total. The van der Waals surface area contributed by atoms with Crippen molar-refractivity contribution >= 4 is 34.3 Å². The molecule has 22 heavy (non-hydrogen) atoms. The van der Waals surface area contributed by atoms with E-state index in [1.807, 2.05) is 18.2 Å². The lowest BCUT2D eigenvalue weighted by Gasteiger charge is -2.07. The maximum Gasteiger partial charge on any atom is 0.336 e. The van der Waals surface area contributed by atoms with Gasteiger partial charge < -0.3 is 4.42 Å². The molecule has 5 heteroatoms. The highest BCUT2D eigenvalue weighted by molar-refractivity contribution is 7.98. The van der Waals surface area contributed by atoms with Gasteiger partial charge in [-0.3, -0.25) is 0 Å². The summed E-state index contributed by atoms with van der Waals surface area (Å²) in [5.74, 6) is 0.615. The monoisotopic (exact) mass is 331 g/mol. The summed E-state index contributed by atoms with van der Waals surface area (Å²) in [5.41, 5.74) is 2.38. The average molecular weight is 332 g/mol. The molecule has 0 bridgehead atoms. The third-order valence-corrected chi connectivity index (χ3v) is 4.86. The van der Waals surface area contributed by atoms with E-state index in [1.165, 1.54) is 17.8 Å². The average Bonchev–Trinajstić information content (AvgIpc) is 2.53. The first-order valence-corrected chi connectivity index (χ1v) is 8.32. The molecule has 0 aliphatic rings. The molecule has 3 rings (SSSR count). The Kier molecular flexibility index (Phi) is 4.50. The van der Waals surface area contributed by atoms with Gasteiger partial charge in [0.2, 0.25) is 0 Å². The van der Waals surface area contributed by atoms with E-state index in [2.05, 4.69) is 18.0 Å². The third kappa shape index (κ3) is 3.18. The second-order valence-corrected chi connectivity index (χ2v) is 6.23. The Bertz CT molecular complexity index is 876. The number of aryl methyl sites for hydroxylation is 1. The summed E-state index contributed by atoms with van der Waals surface area (Å²) < 4.78 is 5.31. The van der Waals surface area contributed by atoms with E-state index in [0.717, 1.165) is 28.0 Å². The fourth-order valence-corrected chi connectivity index (χ4v) is 3.39. The zero-order chi connectivity index (χ0) is 15.5. The summed E-state index contributed by atoms with van der Waals surface area (Å²) in [7, 11) is 0. The van der Waals surface area contributed by atoms with Gasteiger partial charge in [0, 0.05) is 23.4 Å². The topological polar surface area (TPSA) is 43.1 Å². The van der Waals surface area contributed by atoms with Crippen molar-refractivity contribution in [1.82, 2.24) is 4.98 Å². The summed E-state index contributed by atoms with van der Waals surface area (Å²) in [4.78, 5) is 16.0. The SMILES string of the molecule is CCc1ccc2c(CSc3ncccc3Cl)cc(=O)oc2c1. The highest BCUT2D eigenvalue weighted by atomic mass is 35.5. The highest BCUT2D eigenvalue weighted by Crippen LogP contribution is 2.29. The van der Waals surface area contributed by atoms with Crippen molar-refractivity contribution in [2.45, 2.75) is 24.1 Å². The van der Waals surface area contributed by atoms with Gasteiger partial charge in [0.1, 0.15) is 10.6 Å². The summed E-state index contributed by atoms with van der Waals surface area (Å²) >= 11 is 7.63. The number of aromatic nitrogens is 1. The lowest BCUT2D eigenvalue weighted by atomic mass is 10.1. The molecule has 0 unspecified atom stereocenters. The maximum absolute atomic E-state index is 11.8. The fraction of sp³-hybridized carbons (Fsp3) is 0.176. The first-order chi connectivity index (χ1) is 10.7. The Balaban J connectivity index is 1.96. The molecule has 0 saturated carbocycles. The molecule has 2 heterocycles. The highest BCUT2D eigenvalue weighted by Gasteiger charge is 2.09. The summed E-state index contributed by atoms with van der Waals surface area (Å²) in [5, 5.41) is 2.33. The Labute approximate surface area is 137 Å². The fourth-order valence-electron chi connectivity index (χ4n) is 2.24. The second-order valence-electron chi connectivity index (χ2n) is 4.85. The third-order valence-electron chi connectivity index (χ3n) is 3.39. The predicted octanol–water partition coefficient (Wildman–Crippen LogP) is 4.70. The lowest BCUT2D eigenvalue weighted by molar-refractivity contribution is 0.559. The molecule has 112 valence electrons. The molecule has 0 aliphatic heterocycles. The van der Waals surface area contributed by atoms with Crippen molar-refractivity contribution in [2.75, 3.05) is 0 Å². The van der Waals surface area contributed by atoms with E-state index in [1.54, 1.807) is 12.3 Å². The second kappa shape index (κ2) is 6.55. The predicted molar refractivity (Wildman–Crippen MR) is 90.7 cm³/mol. The minimum absolute atomic E-state index is 0.330. The molecule has 0 spiro atoms. The largest absolute Gasteiger partial charge is 0.423 e. The molecule has 1 aromatic carbocycles. The van der Waals surface area contributed by atoms with Crippen molar-refractivity contribution in [2.24, 2.45) is 0 Å². The molecule has 3 aromatic rings. The molecule has 0 radical (unpaired) electrons. The normalized spacial score (nSPS) is 11.0. The Morgan fingerprint density at radius 2 is 2.14 bits per heavy atom. The zero-order valence-corrected chi connectivity index (χ0v) is 13.6. The quantitative estimate of drug-likeness (QED) is 0.513. The standard InChI is InChI=1S/C17H14ClNO2S/c1-2-11-5-6-13-12(9-16(20)21-15(13)8-11)10-22-17-14(18)4-3-7-19-17/h3-9H,2,10H2,1H3. The van der Waals surface area contributed by atoms with E-state index in [4.69, 9.17) is 16.0 Å². The van der Waals surface area contributed by atoms with Gasteiger partial charge in [0.15, 0.2) is 0 Å². The van der Waals surface area contributed by atoms with Gasteiger partial charge in [-0.1, -0.05) is 30.7 Å². The minimum Gasteiger partial charge on any atom is -0.423 e. The molecule has 0 amide bonds. The van der Waals surface area contributed by atoms with Crippen LogP contribution in [0, 0.1) is 0 Å². The van der Waals surface area contributed by atoms with Crippen molar-refractivity contribution < 1.29 is 4.42 Å². The zero-order valence-electron chi connectivity index (χ0n) is 12.0. The van der Waals surface area contributed by atoms with Crippen LogP contribution in [0.4, 0.5) is 0 Å². The Morgan fingerprint density at radius 3 is 2.91 bits per heavy atom. The molecule has 0 atom stereocenters. The Hall–Kier alpha value is -1.78. The number of rotatable bonds is 4. The molecular formula is C17H14ClNO2S. The van der Waals surface area contributed by atoms with Crippen LogP contribution in [-0.2, 0) is 12.2 Å². The van der Waals surface area contributed by atoms with Crippen molar-refractivity contribution in [1.29, 1.82) is 0 Å². The van der Waals surface area contributed by atoms with Crippen LogP contribution in [0.3, 0.4) is 0 Å². The number of benzene rings is 1. The molecule has 0 aliphatic carbocycles. The molecule has 2 aromatic heterocycles. The van der Waals surface area contributed by atoms with Crippen LogP contribution < -0.4 is 5.63 Å². The summed E-state index contributed by atoms with van der Waals surface area (Å²) in [6.45, 7) is 2.07. The van der Waals surface area contributed by atoms with Gasteiger partial charge in [-0.2, -0.15) is 0 Å². The van der Waals surface area contributed by atoms with Crippen LogP contribution in [0.25, 0.3) is 11.0 Å². The van der Waals surface area contributed by atoms with Gasteiger partial charge in [-0.25, -0.2) is 9.78 Å². The van der Waals surface area contributed by atoms with E-state index < -0.39 is 0 Å². The molecular weight excluding hydrogens is 318 g/mol. The summed E-state index contributed by atoms with van der Waals surface area (Å²) in [6.07, 6.45) is 2.61. The van der Waals surface area contributed by atoms with E-state index in [-0.39, 0.29) is 5.63 Å². The number of thioether (sulfide) groups is 1. The molecule has 0 fully saturated rings. The maximum atomic E-state index is 11.8. The van der Waals surface area contributed by atoms with Gasteiger partial charge in [0.05, 0.1) is 5.02 Å². The number of fused-ring (bicyclic) bond motifs is 1. The van der Waals surface area contributed by atoms with E-state index in [0.29, 0.717) is 16.4 Å².